The van der Waals surface area contributed by atoms with E-state index in [1.807, 2.05) is 0 Å². The minimum Gasteiger partial charge on any atom is -0.330 e. The van der Waals surface area contributed by atoms with Crippen molar-refractivity contribution in [3.8, 4) is 0 Å². The minimum absolute atomic E-state index is 0.635. The van der Waals surface area contributed by atoms with Gasteiger partial charge in [0.2, 0.25) is 0 Å². The molecule has 1 saturated carbocycles. The molecule has 15 heavy (non-hydrogen) atoms. The Morgan fingerprint density at radius 1 is 1.33 bits per heavy atom. The van der Waals surface area contributed by atoms with Crippen molar-refractivity contribution in [2.24, 2.45) is 23.0 Å². The molecule has 0 saturated heterocycles. The second kappa shape index (κ2) is 5.86. The molecule has 0 radical (unpaired) electrons. The van der Waals surface area contributed by atoms with Crippen LogP contribution in [0.5, 0.6) is 0 Å². The van der Waals surface area contributed by atoms with E-state index in [9.17, 15) is 0 Å². The second-order valence-corrected chi connectivity index (χ2v) is 5.58. The Labute approximate surface area is 95.0 Å². The number of nitrogens with one attached hydrogen (secondary N) is 1. The summed E-state index contributed by atoms with van der Waals surface area (Å²) in [5, 5.41) is 3.63. The number of nitrogens with two attached hydrogens (primary N) is 1. The molecule has 2 nitrogen and oxygen atoms in total. The van der Waals surface area contributed by atoms with E-state index in [2.05, 4.69) is 26.1 Å². The lowest BCUT2D eigenvalue weighted by molar-refractivity contribution is 0.121. The van der Waals surface area contributed by atoms with Crippen molar-refractivity contribution in [3.05, 3.63) is 0 Å². The van der Waals surface area contributed by atoms with Gasteiger partial charge in [-0.3, -0.25) is 0 Å². The van der Waals surface area contributed by atoms with Crippen LogP contribution < -0.4 is 11.1 Å². The number of rotatable bonds is 7. The molecule has 0 aromatic heterocycles. The summed E-state index contributed by atoms with van der Waals surface area (Å²) in [6.45, 7) is 9.95. The maximum Gasteiger partial charge on any atom is 0.000783 e. The largest absolute Gasteiger partial charge is 0.330 e. The van der Waals surface area contributed by atoms with Crippen LogP contribution in [0.4, 0.5) is 0 Å². The van der Waals surface area contributed by atoms with E-state index in [0.717, 1.165) is 13.1 Å². The van der Waals surface area contributed by atoms with Gasteiger partial charge in [-0.1, -0.05) is 27.2 Å². The van der Waals surface area contributed by atoms with Gasteiger partial charge in [-0.2, -0.15) is 0 Å². The SMILES string of the molecule is CCC1(CNCC(CN)C(C)C)CCC1. The number of hydrogen-bond acceptors (Lipinski definition) is 2. The maximum atomic E-state index is 5.76. The molecule has 1 rings (SSSR count). The van der Waals surface area contributed by atoms with Crippen molar-refractivity contribution in [2.75, 3.05) is 19.6 Å². The Morgan fingerprint density at radius 3 is 2.33 bits per heavy atom. The molecule has 0 aromatic rings. The summed E-state index contributed by atoms with van der Waals surface area (Å²) in [6, 6.07) is 0. The van der Waals surface area contributed by atoms with Gasteiger partial charge in [-0.15, -0.1) is 0 Å². The normalized spacial score (nSPS) is 21.4. The van der Waals surface area contributed by atoms with E-state index in [1.165, 1.54) is 32.2 Å². The topological polar surface area (TPSA) is 38.0 Å². The predicted octanol–water partition coefficient (Wildman–Crippen LogP) is 2.39. The molecule has 0 amide bonds. The van der Waals surface area contributed by atoms with Crippen molar-refractivity contribution < 1.29 is 0 Å². The first-order valence-electron chi connectivity index (χ1n) is 6.54. The molecule has 1 fully saturated rings. The quantitative estimate of drug-likeness (QED) is 0.680. The molecule has 0 heterocycles. The van der Waals surface area contributed by atoms with Crippen molar-refractivity contribution in [1.29, 1.82) is 0 Å². The second-order valence-electron chi connectivity index (χ2n) is 5.58. The van der Waals surface area contributed by atoms with Crippen LogP contribution in [-0.4, -0.2) is 19.6 Å². The molecule has 2 heteroatoms. The monoisotopic (exact) mass is 212 g/mol. The van der Waals surface area contributed by atoms with Crippen LogP contribution in [0, 0.1) is 17.3 Å². The first-order valence-corrected chi connectivity index (χ1v) is 6.54. The van der Waals surface area contributed by atoms with Gasteiger partial charge in [-0.25, -0.2) is 0 Å². The molecule has 90 valence electrons. The van der Waals surface area contributed by atoms with Gasteiger partial charge in [-0.05, 0) is 49.6 Å². The predicted molar refractivity (Wildman–Crippen MR) is 66.8 cm³/mol. The average Bonchev–Trinajstić information content (AvgIpc) is 2.15. The highest BCUT2D eigenvalue weighted by molar-refractivity contribution is 4.88. The van der Waals surface area contributed by atoms with Gasteiger partial charge in [0.25, 0.3) is 0 Å². The molecular weight excluding hydrogens is 184 g/mol. The zero-order valence-corrected chi connectivity index (χ0v) is 10.7. The van der Waals surface area contributed by atoms with Gasteiger partial charge < -0.3 is 11.1 Å². The van der Waals surface area contributed by atoms with E-state index in [4.69, 9.17) is 5.73 Å². The smallest absolute Gasteiger partial charge is 0.000783 e. The maximum absolute atomic E-state index is 5.76. The minimum atomic E-state index is 0.635. The molecule has 1 atom stereocenters. The molecule has 1 aliphatic rings. The molecule has 0 spiro atoms. The van der Waals surface area contributed by atoms with Crippen LogP contribution in [0.15, 0.2) is 0 Å². The van der Waals surface area contributed by atoms with Crippen LogP contribution in [0.3, 0.4) is 0 Å². The Balaban J connectivity index is 2.19. The highest BCUT2D eigenvalue weighted by atomic mass is 14.9. The lowest BCUT2D eigenvalue weighted by Crippen LogP contribution is -2.42. The van der Waals surface area contributed by atoms with Gasteiger partial charge in [0.05, 0.1) is 0 Å². The fourth-order valence-electron chi connectivity index (χ4n) is 2.45. The van der Waals surface area contributed by atoms with Gasteiger partial charge in [0, 0.05) is 6.54 Å². The highest BCUT2D eigenvalue weighted by Crippen LogP contribution is 2.43. The van der Waals surface area contributed by atoms with Crippen molar-refractivity contribution in [1.82, 2.24) is 5.32 Å². The lowest BCUT2D eigenvalue weighted by Gasteiger charge is -2.42. The Morgan fingerprint density at radius 2 is 2.00 bits per heavy atom. The summed E-state index contributed by atoms with van der Waals surface area (Å²) >= 11 is 0. The molecule has 0 aromatic carbocycles. The van der Waals surface area contributed by atoms with Crippen LogP contribution in [0.25, 0.3) is 0 Å². The molecule has 0 aliphatic heterocycles. The fourth-order valence-corrected chi connectivity index (χ4v) is 2.45. The van der Waals surface area contributed by atoms with Gasteiger partial charge in [0.15, 0.2) is 0 Å². The molecule has 1 aliphatic carbocycles. The molecular formula is C13H28N2. The van der Waals surface area contributed by atoms with Crippen LogP contribution >= 0.6 is 0 Å². The van der Waals surface area contributed by atoms with E-state index in [0.29, 0.717) is 17.3 Å². The van der Waals surface area contributed by atoms with Crippen molar-refractivity contribution in [2.45, 2.75) is 46.5 Å². The lowest BCUT2D eigenvalue weighted by atomic mass is 9.67. The summed E-state index contributed by atoms with van der Waals surface area (Å²) in [5.41, 5.74) is 6.40. The van der Waals surface area contributed by atoms with Crippen molar-refractivity contribution >= 4 is 0 Å². The standard InChI is InChI=1S/C13H28N2/c1-4-13(6-5-7-13)10-15-9-12(8-14)11(2)3/h11-12,15H,4-10,14H2,1-3H3. The van der Waals surface area contributed by atoms with Crippen LogP contribution in [-0.2, 0) is 0 Å². The third kappa shape index (κ3) is 3.46. The highest BCUT2D eigenvalue weighted by Gasteiger charge is 2.34. The average molecular weight is 212 g/mol. The Kier molecular flexibility index (Phi) is 5.07. The zero-order chi connectivity index (χ0) is 11.3. The molecule has 3 N–H and O–H groups in total. The van der Waals surface area contributed by atoms with E-state index < -0.39 is 0 Å². The van der Waals surface area contributed by atoms with Crippen LogP contribution in [0.1, 0.15) is 46.5 Å². The summed E-state index contributed by atoms with van der Waals surface area (Å²) < 4.78 is 0. The fraction of sp³-hybridized carbons (Fsp3) is 1.00. The third-order valence-electron chi connectivity index (χ3n) is 4.32. The molecule has 0 bridgehead atoms. The van der Waals surface area contributed by atoms with Gasteiger partial charge >= 0.3 is 0 Å². The first-order chi connectivity index (χ1) is 7.13. The zero-order valence-electron chi connectivity index (χ0n) is 10.7. The van der Waals surface area contributed by atoms with E-state index in [-0.39, 0.29) is 0 Å². The first kappa shape index (κ1) is 13.0. The summed E-state index contributed by atoms with van der Waals surface area (Å²) in [4.78, 5) is 0. The Bertz CT molecular complexity index is 168. The summed E-state index contributed by atoms with van der Waals surface area (Å²) in [6.07, 6.45) is 5.60. The van der Waals surface area contributed by atoms with E-state index in [1.54, 1.807) is 0 Å². The Hall–Kier alpha value is -0.0800. The van der Waals surface area contributed by atoms with E-state index >= 15 is 0 Å². The van der Waals surface area contributed by atoms with Crippen LogP contribution in [0.2, 0.25) is 0 Å². The summed E-state index contributed by atoms with van der Waals surface area (Å²) in [5.74, 6) is 1.33. The van der Waals surface area contributed by atoms with Gasteiger partial charge in [0.1, 0.15) is 0 Å². The third-order valence-corrected chi connectivity index (χ3v) is 4.32. The summed E-state index contributed by atoms with van der Waals surface area (Å²) in [7, 11) is 0. The molecule has 1 unspecified atom stereocenters. The van der Waals surface area contributed by atoms with Crippen molar-refractivity contribution in [3.63, 3.8) is 0 Å². The number of hydrogen-bond donors (Lipinski definition) is 2.